The van der Waals surface area contributed by atoms with E-state index in [1.54, 1.807) is 5.54 Å². The van der Waals surface area contributed by atoms with Gasteiger partial charge in [0.25, 0.3) is 0 Å². The lowest BCUT2D eigenvalue weighted by Gasteiger charge is -2.58. The maximum absolute atomic E-state index is 11.4. The Bertz CT molecular complexity index is 712. The van der Waals surface area contributed by atoms with Gasteiger partial charge in [0.2, 0.25) is 0 Å². The van der Waals surface area contributed by atoms with Gasteiger partial charge in [-0.15, -0.1) is 0 Å². The van der Waals surface area contributed by atoms with Gasteiger partial charge in [-0.1, -0.05) is 60.3 Å². The fourth-order valence-electron chi connectivity index (χ4n) is 6.89. The van der Waals surface area contributed by atoms with Gasteiger partial charge in [-0.2, -0.15) is 0 Å². The molecule has 0 aromatic carbocycles. The second-order valence-corrected chi connectivity index (χ2v) is 11.1. The molecular weight excluding hydrogens is 403 g/mol. The van der Waals surface area contributed by atoms with Crippen molar-refractivity contribution in [3.05, 3.63) is 22.8 Å². The molecule has 0 unspecified atom stereocenters. The molecule has 150 valence electrons. The Morgan fingerprint density at radius 2 is 1.93 bits per heavy atom. The molecule has 0 aliphatic heterocycles. The minimum absolute atomic E-state index is 0.0443. The number of fused-ring (bicyclic) bond motifs is 5. The van der Waals surface area contributed by atoms with E-state index in [9.17, 15) is 4.79 Å². The van der Waals surface area contributed by atoms with Crippen LogP contribution >= 0.6 is 34.8 Å². The zero-order valence-corrected chi connectivity index (χ0v) is 18.6. The molecule has 0 heterocycles. The molecule has 0 amide bonds. The predicted molar refractivity (Wildman–Crippen MR) is 111 cm³/mol. The second-order valence-electron chi connectivity index (χ2n) is 9.60. The van der Waals surface area contributed by atoms with Gasteiger partial charge in [0.05, 0.1) is 0 Å². The number of rotatable bonds is 1. The Morgan fingerprint density at radius 1 is 1.19 bits per heavy atom. The molecule has 0 saturated heterocycles. The van der Waals surface area contributed by atoms with E-state index in [2.05, 4.69) is 19.9 Å². The fraction of sp³-hybridized carbons (Fsp3) is 0.773. The molecule has 27 heavy (non-hydrogen) atoms. The van der Waals surface area contributed by atoms with Gasteiger partial charge in [0.15, 0.2) is 0 Å². The molecule has 3 fully saturated rings. The summed E-state index contributed by atoms with van der Waals surface area (Å²) in [6.45, 7) is 6.21. The molecule has 2 nitrogen and oxygen atoms in total. The lowest BCUT2D eigenvalue weighted by Crippen LogP contribution is -2.52. The number of hydrogen-bond acceptors (Lipinski definition) is 2. The number of hydrogen-bond donors (Lipinski definition) is 0. The van der Waals surface area contributed by atoms with Crippen molar-refractivity contribution in [2.75, 3.05) is 0 Å². The number of alkyl halides is 2. The highest BCUT2D eigenvalue weighted by Gasteiger charge is 2.65. The number of esters is 1. The molecule has 0 N–H and O–H groups in total. The highest BCUT2D eigenvalue weighted by atomic mass is 35.5. The van der Waals surface area contributed by atoms with Gasteiger partial charge >= 0.3 is 5.97 Å². The minimum atomic E-state index is -0.859. The average Bonchev–Trinajstić information content (AvgIpc) is 2.81. The molecule has 0 aromatic rings. The van der Waals surface area contributed by atoms with Crippen molar-refractivity contribution < 1.29 is 9.53 Å². The average molecular weight is 432 g/mol. The molecule has 0 aromatic heterocycles. The van der Waals surface area contributed by atoms with E-state index in [4.69, 9.17) is 39.5 Å². The van der Waals surface area contributed by atoms with E-state index in [0.717, 1.165) is 50.5 Å². The molecule has 4 rings (SSSR count). The number of allylic oxidation sites excluding steroid dienone is 2. The van der Waals surface area contributed by atoms with Crippen molar-refractivity contribution in [1.29, 1.82) is 0 Å². The smallest absolute Gasteiger partial charge is 0.302 e. The summed E-state index contributed by atoms with van der Waals surface area (Å²) in [7, 11) is 0. The summed E-state index contributed by atoms with van der Waals surface area (Å²) in [5.41, 5.74) is 4.19. The van der Waals surface area contributed by atoms with Crippen molar-refractivity contribution in [3.8, 4) is 0 Å². The van der Waals surface area contributed by atoms with Crippen LogP contribution in [-0.4, -0.2) is 16.4 Å². The van der Waals surface area contributed by atoms with Crippen LogP contribution in [0.3, 0.4) is 0 Å². The normalized spacial score (nSPS) is 46.9. The first-order chi connectivity index (χ1) is 12.6. The lowest BCUT2D eigenvalue weighted by molar-refractivity contribution is -0.148. The number of halogens is 3. The SMILES string of the molecule is CC(=O)O[C@H]1CC[C@@]2(C)C(=CC[C@@H]3[C@@H]2CC[C@@]2(C)[C@H]3C/C(=C\Cl)C2(Cl)Cl)C1. The van der Waals surface area contributed by atoms with Gasteiger partial charge in [-0.3, -0.25) is 4.79 Å². The standard InChI is InChI=1S/C22H29Cl3O2/c1-13(26)27-16-6-8-20(2)14(10-16)4-5-17-18(20)7-9-21(3)19(17)11-15(12-23)22(21,24)25/h4,12,16-19H,5-11H2,1-3H3/b15-12+/t16-,17+,18-,19-,20-,21-/m0/s1. The van der Waals surface area contributed by atoms with E-state index < -0.39 is 4.33 Å². The largest absolute Gasteiger partial charge is 0.462 e. The first kappa shape index (κ1) is 20.1. The van der Waals surface area contributed by atoms with Crippen LogP contribution in [0.5, 0.6) is 0 Å². The number of carbonyl (C=O) groups excluding carboxylic acids is 1. The third-order valence-corrected chi connectivity index (χ3v) is 10.1. The minimum Gasteiger partial charge on any atom is -0.462 e. The zero-order chi connectivity index (χ0) is 19.6. The van der Waals surface area contributed by atoms with Crippen molar-refractivity contribution in [2.45, 2.75) is 76.2 Å². The summed E-state index contributed by atoms with van der Waals surface area (Å²) in [5.74, 6) is 1.54. The molecule has 5 heteroatoms. The Hall–Kier alpha value is -0.180. The highest BCUT2D eigenvalue weighted by molar-refractivity contribution is 6.51. The Labute approximate surface area is 177 Å². The molecule has 0 bridgehead atoms. The Balaban J connectivity index is 1.64. The van der Waals surface area contributed by atoms with Crippen LogP contribution in [0.1, 0.15) is 65.7 Å². The summed E-state index contributed by atoms with van der Waals surface area (Å²) >= 11 is 19.8. The highest BCUT2D eigenvalue weighted by Crippen LogP contribution is 2.70. The van der Waals surface area contributed by atoms with Gasteiger partial charge in [0, 0.05) is 24.3 Å². The van der Waals surface area contributed by atoms with Crippen molar-refractivity contribution in [2.24, 2.45) is 28.6 Å². The van der Waals surface area contributed by atoms with E-state index in [-0.39, 0.29) is 22.9 Å². The van der Waals surface area contributed by atoms with Crippen LogP contribution in [-0.2, 0) is 9.53 Å². The van der Waals surface area contributed by atoms with E-state index in [0.29, 0.717) is 17.8 Å². The van der Waals surface area contributed by atoms with Gasteiger partial charge in [0.1, 0.15) is 10.4 Å². The monoisotopic (exact) mass is 430 g/mol. The van der Waals surface area contributed by atoms with Crippen molar-refractivity contribution in [3.63, 3.8) is 0 Å². The topological polar surface area (TPSA) is 26.3 Å². The van der Waals surface area contributed by atoms with Gasteiger partial charge in [-0.05, 0) is 67.3 Å². The maximum Gasteiger partial charge on any atom is 0.302 e. The lowest BCUT2D eigenvalue weighted by atomic mass is 9.48. The maximum atomic E-state index is 11.4. The van der Waals surface area contributed by atoms with Crippen LogP contribution in [0.4, 0.5) is 0 Å². The van der Waals surface area contributed by atoms with Crippen LogP contribution in [0.2, 0.25) is 0 Å². The summed E-state index contributed by atoms with van der Waals surface area (Å²) in [6, 6.07) is 0. The summed E-state index contributed by atoms with van der Waals surface area (Å²) in [6.07, 6.45) is 9.59. The molecule has 4 aliphatic rings. The molecule has 6 atom stereocenters. The quantitative estimate of drug-likeness (QED) is 0.259. The summed E-state index contributed by atoms with van der Waals surface area (Å²) in [5, 5.41) is 0. The predicted octanol–water partition coefficient (Wildman–Crippen LogP) is 6.79. The summed E-state index contributed by atoms with van der Waals surface area (Å²) in [4.78, 5) is 11.4. The van der Waals surface area contributed by atoms with Crippen LogP contribution in [0, 0.1) is 28.6 Å². The third kappa shape index (κ3) is 2.84. The van der Waals surface area contributed by atoms with Gasteiger partial charge < -0.3 is 4.74 Å². The Kier molecular flexibility index (Phi) is 4.97. The van der Waals surface area contributed by atoms with Crippen LogP contribution < -0.4 is 0 Å². The zero-order valence-electron chi connectivity index (χ0n) is 16.4. The number of ether oxygens (including phenoxy) is 1. The first-order valence-electron chi connectivity index (χ1n) is 10.2. The second kappa shape index (κ2) is 6.67. The Morgan fingerprint density at radius 3 is 2.59 bits per heavy atom. The molecule has 0 radical (unpaired) electrons. The van der Waals surface area contributed by atoms with Crippen LogP contribution in [0.15, 0.2) is 22.8 Å². The first-order valence-corrected chi connectivity index (χ1v) is 11.4. The third-order valence-electron chi connectivity index (χ3n) is 8.47. The van der Waals surface area contributed by atoms with E-state index in [1.165, 1.54) is 12.5 Å². The van der Waals surface area contributed by atoms with Crippen molar-refractivity contribution >= 4 is 40.8 Å². The van der Waals surface area contributed by atoms with E-state index >= 15 is 0 Å². The van der Waals surface area contributed by atoms with Gasteiger partial charge in [-0.25, -0.2) is 0 Å². The molecular formula is C22H29Cl3O2. The van der Waals surface area contributed by atoms with Crippen LogP contribution in [0.25, 0.3) is 0 Å². The summed E-state index contributed by atoms with van der Waals surface area (Å²) < 4.78 is 4.67. The van der Waals surface area contributed by atoms with E-state index in [1.807, 2.05) is 0 Å². The molecule has 4 aliphatic carbocycles. The molecule has 0 spiro atoms. The fourth-order valence-corrected chi connectivity index (χ4v) is 7.99. The number of carbonyl (C=O) groups is 1. The molecule has 3 saturated carbocycles. The van der Waals surface area contributed by atoms with Crippen molar-refractivity contribution in [1.82, 2.24) is 0 Å².